The number of rotatable bonds is 5. The predicted molar refractivity (Wildman–Crippen MR) is 111 cm³/mol. The van der Waals surface area contributed by atoms with Gasteiger partial charge in [0, 0.05) is 41.7 Å². The van der Waals surface area contributed by atoms with Crippen LogP contribution in [-0.4, -0.2) is 29.4 Å². The van der Waals surface area contributed by atoms with E-state index in [1.807, 2.05) is 38.2 Å². The zero-order valence-corrected chi connectivity index (χ0v) is 16.8. The van der Waals surface area contributed by atoms with Crippen LogP contribution in [0.25, 0.3) is 22.2 Å². The SMILES string of the molecule is CNCc1cc(-c2ccc3[nH]c(C)c(C)c3c2)n(S(=O)(=O)c2cccnc2)c1. The molecule has 4 rings (SSSR count). The topological polar surface area (TPSA) is 79.8 Å². The number of hydrogen-bond donors (Lipinski definition) is 2. The Kier molecular flexibility index (Phi) is 4.56. The molecule has 144 valence electrons. The molecule has 0 radical (unpaired) electrons. The molecule has 3 aromatic heterocycles. The summed E-state index contributed by atoms with van der Waals surface area (Å²) in [6.45, 7) is 4.68. The maximum Gasteiger partial charge on any atom is 0.269 e. The molecular weight excluding hydrogens is 372 g/mol. The molecule has 0 aliphatic rings. The van der Waals surface area contributed by atoms with E-state index >= 15 is 0 Å². The number of benzene rings is 1. The van der Waals surface area contributed by atoms with Crippen molar-refractivity contribution in [3.05, 3.63) is 71.8 Å². The summed E-state index contributed by atoms with van der Waals surface area (Å²) in [4.78, 5) is 7.49. The molecule has 0 spiro atoms. The molecule has 6 nitrogen and oxygen atoms in total. The second-order valence-corrected chi connectivity index (χ2v) is 8.70. The summed E-state index contributed by atoms with van der Waals surface area (Å²) in [5.41, 5.74) is 5.70. The average molecular weight is 395 g/mol. The van der Waals surface area contributed by atoms with Gasteiger partial charge < -0.3 is 10.3 Å². The van der Waals surface area contributed by atoms with E-state index in [1.165, 1.54) is 15.7 Å². The average Bonchev–Trinajstić information content (AvgIpc) is 3.24. The zero-order valence-electron chi connectivity index (χ0n) is 16.0. The fourth-order valence-electron chi connectivity index (χ4n) is 3.44. The first kappa shape index (κ1) is 18.5. The van der Waals surface area contributed by atoms with Gasteiger partial charge in [-0.1, -0.05) is 6.07 Å². The Morgan fingerprint density at radius 1 is 1.18 bits per heavy atom. The van der Waals surface area contributed by atoms with E-state index in [1.54, 1.807) is 24.5 Å². The Morgan fingerprint density at radius 3 is 2.71 bits per heavy atom. The Bertz CT molecular complexity index is 1250. The molecule has 3 heterocycles. The molecule has 28 heavy (non-hydrogen) atoms. The van der Waals surface area contributed by atoms with Crippen LogP contribution in [0.5, 0.6) is 0 Å². The summed E-state index contributed by atoms with van der Waals surface area (Å²) in [5.74, 6) is 0. The van der Waals surface area contributed by atoms with Crippen molar-refractivity contribution in [1.82, 2.24) is 19.3 Å². The highest BCUT2D eigenvalue weighted by Crippen LogP contribution is 2.31. The number of aromatic amines is 1. The number of pyridine rings is 1. The molecule has 0 aliphatic heterocycles. The van der Waals surface area contributed by atoms with Crippen LogP contribution in [0.1, 0.15) is 16.8 Å². The number of fused-ring (bicyclic) bond motifs is 1. The normalized spacial score (nSPS) is 12.0. The number of aromatic nitrogens is 3. The smallest absolute Gasteiger partial charge is 0.269 e. The van der Waals surface area contributed by atoms with Crippen molar-refractivity contribution in [3.63, 3.8) is 0 Å². The fourth-order valence-corrected chi connectivity index (χ4v) is 4.80. The molecule has 0 bridgehead atoms. The van der Waals surface area contributed by atoms with Crippen LogP contribution in [0, 0.1) is 13.8 Å². The van der Waals surface area contributed by atoms with Gasteiger partial charge in [0.25, 0.3) is 10.0 Å². The summed E-state index contributed by atoms with van der Waals surface area (Å²) in [6.07, 6.45) is 4.61. The highest BCUT2D eigenvalue weighted by Gasteiger charge is 2.22. The van der Waals surface area contributed by atoms with Crippen molar-refractivity contribution >= 4 is 20.9 Å². The molecule has 7 heteroatoms. The zero-order chi connectivity index (χ0) is 19.9. The maximum absolute atomic E-state index is 13.3. The third kappa shape index (κ3) is 3.02. The minimum absolute atomic E-state index is 0.164. The predicted octanol–water partition coefficient (Wildman–Crippen LogP) is 3.60. The number of H-pyrrole nitrogens is 1. The third-order valence-corrected chi connectivity index (χ3v) is 6.68. The Balaban J connectivity index is 1.93. The quantitative estimate of drug-likeness (QED) is 0.542. The number of aryl methyl sites for hydroxylation is 2. The van der Waals surface area contributed by atoms with Crippen LogP contribution < -0.4 is 5.32 Å². The van der Waals surface area contributed by atoms with Gasteiger partial charge in [0.15, 0.2) is 0 Å². The van der Waals surface area contributed by atoms with Gasteiger partial charge in [-0.2, -0.15) is 0 Å². The Hall–Kier alpha value is -2.90. The first-order valence-corrected chi connectivity index (χ1v) is 10.5. The largest absolute Gasteiger partial charge is 0.358 e. The van der Waals surface area contributed by atoms with E-state index in [2.05, 4.69) is 22.2 Å². The van der Waals surface area contributed by atoms with Crippen LogP contribution >= 0.6 is 0 Å². The molecule has 0 fully saturated rings. The van der Waals surface area contributed by atoms with Crippen LogP contribution in [0.3, 0.4) is 0 Å². The minimum Gasteiger partial charge on any atom is -0.358 e. The van der Waals surface area contributed by atoms with Crippen LogP contribution in [0.4, 0.5) is 0 Å². The first-order chi connectivity index (χ1) is 13.4. The summed E-state index contributed by atoms with van der Waals surface area (Å²) in [5, 5.41) is 4.18. The molecule has 0 unspecified atom stereocenters. The van der Waals surface area contributed by atoms with Gasteiger partial charge in [-0.25, -0.2) is 12.4 Å². The van der Waals surface area contributed by atoms with Crippen molar-refractivity contribution < 1.29 is 8.42 Å². The second kappa shape index (κ2) is 6.92. The molecular formula is C21H22N4O2S. The molecule has 0 saturated heterocycles. The van der Waals surface area contributed by atoms with Crippen molar-refractivity contribution in [2.24, 2.45) is 0 Å². The summed E-state index contributed by atoms with van der Waals surface area (Å²) in [6, 6.07) is 11.1. The standard InChI is InChI=1S/C21H22N4O2S/c1-14-15(2)24-20-7-6-17(10-19(14)20)21-9-16(11-22-3)13-25(21)28(26,27)18-5-4-8-23-12-18/h4-10,12-13,22,24H,11H2,1-3H3. The van der Waals surface area contributed by atoms with Gasteiger partial charge in [-0.15, -0.1) is 0 Å². The van der Waals surface area contributed by atoms with Crippen LogP contribution in [0.15, 0.2) is 59.9 Å². The van der Waals surface area contributed by atoms with Crippen molar-refractivity contribution in [3.8, 4) is 11.3 Å². The summed E-state index contributed by atoms with van der Waals surface area (Å²) < 4.78 is 27.9. The van der Waals surface area contributed by atoms with E-state index in [4.69, 9.17) is 0 Å². The third-order valence-electron chi connectivity index (χ3n) is 5.02. The van der Waals surface area contributed by atoms with E-state index in [9.17, 15) is 8.42 Å². The Morgan fingerprint density at radius 2 is 2.00 bits per heavy atom. The molecule has 0 atom stereocenters. The van der Waals surface area contributed by atoms with E-state index < -0.39 is 10.0 Å². The molecule has 0 amide bonds. The van der Waals surface area contributed by atoms with Gasteiger partial charge in [0.05, 0.1) is 5.69 Å². The lowest BCUT2D eigenvalue weighted by Crippen LogP contribution is -2.13. The number of nitrogens with one attached hydrogen (secondary N) is 2. The summed E-state index contributed by atoms with van der Waals surface area (Å²) >= 11 is 0. The lowest BCUT2D eigenvalue weighted by atomic mass is 10.1. The van der Waals surface area contributed by atoms with Gasteiger partial charge >= 0.3 is 0 Å². The van der Waals surface area contributed by atoms with Gasteiger partial charge in [0.1, 0.15) is 4.90 Å². The van der Waals surface area contributed by atoms with Crippen molar-refractivity contribution in [2.45, 2.75) is 25.3 Å². The highest BCUT2D eigenvalue weighted by molar-refractivity contribution is 7.90. The van der Waals surface area contributed by atoms with Crippen LogP contribution in [-0.2, 0) is 16.6 Å². The van der Waals surface area contributed by atoms with Gasteiger partial charge in [-0.05, 0) is 67.9 Å². The molecule has 0 aliphatic carbocycles. The minimum atomic E-state index is -3.75. The highest BCUT2D eigenvalue weighted by atomic mass is 32.2. The van der Waals surface area contributed by atoms with Gasteiger partial charge in [-0.3, -0.25) is 4.98 Å². The Labute approximate surface area is 164 Å². The number of nitrogens with zero attached hydrogens (tertiary/aromatic N) is 2. The fraction of sp³-hybridized carbons (Fsp3) is 0.190. The van der Waals surface area contributed by atoms with Crippen molar-refractivity contribution in [2.75, 3.05) is 7.05 Å². The van der Waals surface area contributed by atoms with E-state index in [-0.39, 0.29) is 4.90 Å². The molecule has 2 N–H and O–H groups in total. The van der Waals surface area contributed by atoms with E-state index in [0.29, 0.717) is 12.2 Å². The van der Waals surface area contributed by atoms with Crippen LogP contribution in [0.2, 0.25) is 0 Å². The molecule has 4 aromatic rings. The maximum atomic E-state index is 13.3. The summed E-state index contributed by atoms with van der Waals surface area (Å²) in [7, 11) is -1.92. The molecule has 1 aromatic carbocycles. The second-order valence-electron chi connectivity index (χ2n) is 6.89. The van der Waals surface area contributed by atoms with Crippen molar-refractivity contribution in [1.29, 1.82) is 0 Å². The first-order valence-electron chi connectivity index (χ1n) is 9.02. The van der Waals surface area contributed by atoms with Gasteiger partial charge in [0.2, 0.25) is 0 Å². The number of hydrogen-bond acceptors (Lipinski definition) is 4. The van der Waals surface area contributed by atoms with E-state index in [0.717, 1.165) is 27.7 Å². The lowest BCUT2D eigenvalue weighted by Gasteiger charge is -2.10. The monoisotopic (exact) mass is 394 g/mol. The molecule has 0 saturated carbocycles. The lowest BCUT2D eigenvalue weighted by molar-refractivity contribution is 0.587.